The van der Waals surface area contributed by atoms with E-state index in [-0.39, 0.29) is 28.9 Å². The third kappa shape index (κ3) is 6.01. The van der Waals surface area contributed by atoms with Gasteiger partial charge in [0.25, 0.3) is 11.8 Å². The Morgan fingerprint density at radius 1 is 1.17 bits per heavy atom. The van der Waals surface area contributed by atoms with Crippen LogP contribution in [0.15, 0.2) is 42.5 Å². The molecule has 0 saturated heterocycles. The molecule has 0 spiro atoms. The van der Waals surface area contributed by atoms with Crippen LogP contribution in [0.25, 0.3) is 5.65 Å². The first-order valence-corrected chi connectivity index (χ1v) is 12.3. The van der Waals surface area contributed by atoms with Gasteiger partial charge in [-0.3, -0.25) is 9.59 Å². The average molecular weight is 564 g/mol. The van der Waals surface area contributed by atoms with Crippen LogP contribution in [0, 0.1) is 12.7 Å². The van der Waals surface area contributed by atoms with Gasteiger partial charge < -0.3 is 26.6 Å². The van der Waals surface area contributed by atoms with E-state index in [1.807, 2.05) is 0 Å². The van der Waals surface area contributed by atoms with Gasteiger partial charge in [-0.2, -0.15) is 4.52 Å². The molecule has 2 aromatic carbocycles. The highest BCUT2D eigenvalue weighted by Gasteiger charge is 2.28. The number of rotatable bonds is 6. The van der Waals surface area contributed by atoms with Crippen LogP contribution in [0.5, 0.6) is 0 Å². The molecule has 5 rings (SSSR count). The Balaban J connectivity index is 0.000000328. The third-order valence-electron chi connectivity index (χ3n) is 6.46. The summed E-state index contributed by atoms with van der Waals surface area (Å²) in [4.78, 5) is 51.7. The normalized spacial score (nSPS) is 13.6. The van der Waals surface area contributed by atoms with Crippen molar-refractivity contribution < 1.29 is 33.4 Å². The number of carboxylic acids is 1. The molecule has 0 bridgehead atoms. The van der Waals surface area contributed by atoms with E-state index in [4.69, 9.17) is 16.2 Å². The molecule has 4 aromatic rings. The van der Waals surface area contributed by atoms with E-state index < -0.39 is 29.4 Å². The minimum atomic E-state index is -1.39. The summed E-state index contributed by atoms with van der Waals surface area (Å²) >= 11 is 0. The topological polar surface area (TPSA) is 205 Å². The molecular formula is C27H26FN7O6. The van der Waals surface area contributed by atoms with Gasteiger partial charge in [0.2, 0.25) is 0 Å². The number of carbonyl (C=O) groups is 4. The zero-order chi connectivity index (χ0) is 29.8. The molecule has 212 valence electrons. The van der Waals surface area contributed by atoms with E-state index in [9.17, 15) is 28.7 Å². The fourth-order valence-electron chi connectivity index (χ4n) is 4.38. The SMILES string of the molecule is COC(=O)c1ccc2c(c1)CC[C@@H]2NC(=O)c1cc(C(=O)O)n2nnc(C(N)=O)c2n1.Cc1cc(CN)ccc1F. The second-order valence-electron chi connectivity index (χ2n) is 9.13. The summed E-state index contributed by atoms with van der Waals surface area (Å²) in [5.74, 6) is -3.60. The van der Waals surface area contributed by atoms with Crippen molar-refractivity contribution in [2.75, 3.05) is 7.11 Å². The van der Waals surface area contributed by atoms with Crippen molar-refractivity contribution in [1.29, 1.82) is 0 Å². The summed E-state index contributed by atoms with van der Waals surface area (Å²) in [6.45, 7) is 2.20. The minimum absolute atomic E-state index is 0.169. The van der Waals surface area contributed by atoms with Crippen LogP contribution in [-0.4, -0.2) is 55.8 Å². The van der Waals surface area contributed by atoms with Gasteiger partial charge in [0.05, 0.1) is 18.7 Å². The molecule has 1 atom stereocenters. The number of esters is 1. The summed E-state index contributed by atoms with van der Waals surface area (Å²) in [6, 6.07) is 10.6. The highest BCUT2D eigenvalue weighted by molar-refractivity contribution is 6.00. The third-order valence-corrected chi connectivity index (χ3v) is 6.46. The molecule has 1 aliphatic carbocycles. The van der Waals surface area contributed by atoms with Gasteiger partial charge in [-0.1, -0.05) is 23.4 Å². The highest BCUT2D eigenvalue weighted by atomic mass is 19.1. The number of aromatic carboxylic acids is 1. The number of carboxylic acid groups (broad SMARTS) is 1. The number of methoxy groups -OCH3 is 1. The van der Waals surface area contributed by atoms with Crippen LogP contribution in [0.2, 0.25) is 0 Å². The predicted octanol–water partition coefficient (Wildman–Crippen LogP) is 1.72. The van der Waals surface area contributed by atoms with Crippen molar-refractivity contribution >= 4 is 29.4 Å². The number of primary amides is 1. The number of aryl methyl sites for hydroxylation is 2. The first kappa shape index (κ1) is 28.8. The summed E-state index contributed by atoms with van der Waals surface area (Å²) in [5, 5.41) is 19.4. The maximum Gasteiger partial charge on any atom is 0.354 e. The van der Waals surface area contributed by atoms with Crippen LogP contribution in [0.1, 0.15) is 76.5 Å². The van der Waals surface area contributed by atoms with Gasteiger partial charge in [-0.25, -0.2) is 19.0 Å². The first-order chi connectivity index (χ1) is 19.5. The van der Waals surface area contributed by atoms with Crippen molar-refractivity contribution in [3.05, 3.63) is 93.2 Å². The number of carbonyl (C=O) groups excluding carboxylic acids is 3. The number of hydrogen-bond donors (Lipinski definition) is 4. The molecule has 14 heteroatoms. The van der Waals surface area contributed by atoms with Gasteiger partial charge in [0.1, 0.15) is 11.5 Å². The maximum absolute atomic E-state index is 12.8. The summed E-state index contributed by atoms with van der Waals surface area (Å²) in [5.41, 5.74) is 13.2. The lowest BCUT2D eigenvalue weighted by Crippen LogP contribution is -2.29. The quantitative estimate of drug-likeness (QED) is 0.250. The lowest BCUT2D eigenvalue weighted by molar-refractivity contribution is 0.0599. The highest BCUT2D eigenvalue weighted by Crippen LogP contribution is 2.32. The van der Waals surface area contributed by atoms with E-state index in [1.165, 1.54) is 13.2 Å². The maximum atomic E-state index is 12.8. The molecule has 13 nitrogen and oxygen atoms in total. The Labute approximate surface area is 232 Å². The Kier molecular flexibility index (Phi) is 8.33. The van der Waals surface area contributed by atoms with Crippen LogP contribution in [0.4, 0.5) is 4.39 Å². The molecule has 0 radical (unpaired) electrons. The van der Waals surface area contributed by atoms with Crippen molar-refractivity contribution in [2.24, 2.45) is 11.5 Å². The van der Waals surface area contributed by atoms with Crippen molar-refractivity contribution in [2.45, 2.75) is 32.4 Å². The summed E-state index contributed by atoms with van der Waals surface area (Å²) in [6.07, 6.45) is 1.22. The second kappa shape index (κ2) is 11.9. The predicted molar refractivity (Wildman–Crippen MR) is 142 cm³/mol. The molecule has 0 fully saturated rings. The molecule has 0 aliphatic heterocycles. The number of benzene rings is 2. The summed E-state index contributed by atoms with van der Waals surface area (Å²) < 4.78 is 18.1. The number of ether oxygens (including phenoxy) is 1. The van der Waals surface area contributed by atoms with Gasteiger partial charge in [-0.15, -0.1) is 5.10 Å². The standard InChI is InChI=1S/C19H16N6O6.C8H10FN/c1-31-19(30)9-2-4-10-8(6-9)3-5-11(10)22-17(27)12-7-13(18(28)29)25-16(21-12)14(15(20)26)23-24-25;1-6-4-7(5-10)2-3-8(6)9/h2,4,6-7,11H,3,5H2,1H3,(H2,20,26)(H,22,27)(H,28,29);2-4H,5,10H2,1H3/t11-;/m0./s1. The Bertz CT molecular complexity index is 1690. The van der Waals surface area contributed by atoms with Gasteiger partial charge in [-0.05, 0) is 60.2 Å². The molecule has 0 saturated carbocycles. The molecule has 41 heavy (non-hydrogen) atoms. The van der Waals surface area contributed by atoms with Crippen LogP contribution < -0.4 is 16.8 Å². The smallest absolute Gasteiger partial charge is 0.354 e. The van der Waals surface area contributed by atoms with Crippen LogP contribution in [-0.2, 0) is 17.7 Å². The fourth-order valence-corrected chi connectivity index (χ4v) is 4.38. The van der Waals surface area contributed by atoms with Gasteiger partial charge >= 0.3 is 11.9 Å². The number of aromatic nitrogens is 4. The molecular weight excluding hydrogens is 537 g/mol. The minimum Gasteiger partial charge on any atom is -0.477 e. The average Bonchev–Trinajstić information content (AvgIpc) is 3.57. The zero-order valence-electron chi connectivity index (χ0n) is 22.1. The second-order valence-corrected chi connectivity index (χ2v) is 9.13. The first-order valence-electron chi connectivity index (χ1n) is 12.3. The lowest BCUT2D eigenvalue weighted by Gasteiger charge is -2.14. The molecule has 0 unspecified atom stereocenters. The van der Waals surface area contributed by atoms with E-state index >= 15 is 0 Å². The number of nitrogens with one attached hydrogen (secondary N) is 1. The van der Waals surface area contributed by atoms with Gasteiger partial charge in [0, 0.05) is 12.6 Å². The Morgan fingerprint density at radius 3 is 2.56 bits per heavy atom. The number of hydrogen-bond acceptors (Lipinski definition) is 9. The molecule has 6 N–H and O–H groups in total. The van der Waals surface area contributed by atoms with Gasteiger partial charge in [0.15, 0.2) is 17.0 Å². The Morgan fingerprint density at radius 2 is 1.93 bits per heavy atom. The summed E-state index contributed by atoms with van der Waals surface area (Å²) in [7, 11) is 1.30. The Hall–Kier alpha value is -5.24. The van der Waals surface area contributed by atoms with Crippen LogP contribution >= 0.6 is 0 Å². The number of nitrogens with zero attached hydrogens (tertiary/aromatic N) is 4. The fraction of sp³-hybridized carbons (Fsp3) is 0.222. The number of halogens is 1. The lowest BCUT2D eigenvalue weighted by atomic mass is 10.0. The number of amides is 2. The zero-order valence-corrected chi connectivity index (χ0v) is 22.1. The van der Waals surface area contributed by atoms with Crippen molar-refractivity contribution in [1.82, 2.24) is 25.1 Å². The monoisotopic (exact) mass is 563 g/mol. The molecule has 2 amide bonds. The van der Waals surface area contributed by atoms with E-state index in [1.54, 1.807) is 37.3 Å². The largest absolute Gasteiger partial charge is 0.477 e. The van der Waals surface area contributed by atoms with E-state index in [0.29, 0.717) is 30.5 Å². The van der Waals surface area contributed by atoms with E-state index in [0.717, 1.165) is 27.3 Å². The number of fused-ring (bicyclic) bond motifs is 2. The van der Waals surface area contributed by atoms with Crippen molar-refractivity contribution in [3.8, 4) is 0 Å². The molecule has 2 aromatic heterocycles. The van der Waals surface area contributed by atoms with E-state index in [2.05, 4.69) is 20.6 Å². The number of nitrogens with two attached hydrogens (primary N) is 2. The van der Waals surface area contributed by atoms with Crippen molar-refractivity contribution in [3.63, 3.8) is 0 Å². The van der Waals surface area contributed by atoms with Crippen LogP contribution in [0.3, 0.4) is 0 Å². The molecule has 2 heterocycles. The molecule has 1 aliphatic rings.